The summed E-state index contributed by atoms with van der Waals surface area (Å²) in [6, 6.07) is 1.04. The Morgan fingerprint density at radius 2 is 2.19 bits per heavy atom. The Labute approximate surface area is 99.5 Å². The van der Waals surface area contributed by atoms with Crippen molar-refractivity contribution >= 4 is 15.9 Å². The molecule has 2 N–H and O–H groups in total. The highest BCUT2D eigenvalue weighted by Crippen LogP contribution is 2.34. The molecule has 0 spiro atoms. The minimum absolute atomic E-state index is 0.00910. The molecule has 0 radical (unpaired) electrons. The van der Waals surface area contributed by atoms with Crippen molar-refractivity contribution in [3.63, 3.8) is 0 Å². The molecule has 3 nitrogen and oxygen atoms in total. The van der Waals surface area contributed by atoms with Gasteiger partial charge in [0.25, 0.3) is 0 Å². The van der Waals surface area contributed by atoms with Gasteiger partial charge in [0.1, 0.15) is 0 Å². The normalized spacial score (nSPS) is 21.1. The molecule has 1 heterocycles. The fourth-order valence-electron chi connectivity index (χ4n) is 1.63. The van der Waals surface area contributed by atoms with Crippen molar-refractivity contribution in [2.24, 2.45) is 0 Å². The zero-order valence-corrected chi connectivity index (χ0v) is 9.85. The molecular weight excluding hydrogens is 284 g/mol. The number of nitrogens with one attached hydrogen (secondary N) is 1. The summed E-state index contributed by atoms with van der Waals surface area (Å²) in [7, 11) is 0. The number of ether oxygens (including phenoxy) is 1. The van der Waals surface area contributed by atoms with Crippen LogP contribution in [0, 0.1) is 11.6 Å². The second kappa shape index (κ2) is 4.65. The van der Waals surface area contributed by atoms with Crippen molar-refractivity contribution in [1.29, 1.82) is 0 Å². The lowest BCUT2D eigenvalue weighted by molar-refractivity contribution is 0.0758. The largest absolute Gasteiger partial charge is 0.505 e. The van der Waals surface area contributed by atoms with Crippen LogP contribution in [0.2, 0.25) is 0 Å². The van der Waals surface area contributed by atoms with Crippen molar-refractivity contribution in [1.82, 2.24) is 5.32 Å². The summed E-state index contributed by atoms with van der Waals surface area (Å²) >= 11 is 2.90. The quantitative estimate of drug-likeness (QED) is 0.779. The summed E-state index contributed by atoms with van der Waals surface area (Å²) in [6.45, 7) is 1.51. The second-order valence-corrected chi connectivity index (χ2v) is 4.36. The minimum atomic E-state index is -1.24. The highest BCUT2D eigenvalue weighted by Gasteiger charge is 2.24. The molecule has 0 amide bonds. The molecule has 0 saturated carbocycles. The SMILES string of the molecule is Oc1c([C@H]2COCCN2)cc(Br)c(F)c1F. The molecule has 1 aromatic carbocycles. The fraction of sp³-hybridized carbons (Fsp3) is 0.400. The maximum atomic E-state index is 13.3. The molecule has 0 bridgehead atoms. The van der Waals surface area contributed by atoms with E-state index in [1.807, 2.05) is 0 Å². The Bertz CT molecular complexity index is 408. The van der Waals surface area contributed by atoms with Crippen LogP contribution in [0.5, 0.6) is 5.75 Å². The van der Waals surface area contributed by atoms with E-state index in [4.69, 9.17) is 4.74 Å². The first-order valence-corrected chi connectivity index (χ1v) is 5.58. The van der Waals surface area contributed by atoms with Gasteiger partial charge < -0.3 is 15.2 Å². The predicted octanol–water partition coefficient (Wildman–Crippen LogP) is 2.09. The van der Waals surface area contributed by atoms with Crippen LogP contribution in [0.3, 0.4) is 0 Å². The van der Waals surface area contributed by atoms with Gasteiger partial charge >= 0.3 is 0 Å². The number of phenols is 1. The second-order valence-electron chi connectivity index (χ2n) is 3.51. The van der Waals surface area contributed by atoms with Gasteiger partial charge in [0.05, 0.1) is 23.7 Å². The van der Waals surface area contributed by atoms with Crippen LogP contribution < -0.4 is 5.32 Å². The lowest BCUT2D eigenvalue weighted by atomic mass is 10.1. The van der Waals surface area contributed by atoms with Crippen LogP contribution in [0.25, 0.3) is 0 Å². The molecule has 1 aromatic rings. The fourth-order valence-corrected chi connectivity index (χ4v) is 2.06. The molecular formula is C10H10BrF2NO2. The van der Waals surface area contributed by atoms with E-state index in [0.717, 1.165) is 0 Å². The zero-order valence-electron chi connectivity index (χ0n) is 8.27. The topological polar surface area (TPSA) is 41.5 Å². The van der Waals surface area contributed by atoms with Gasteiger partial charge in [0.15, 0.2) is 11.6 Å². The van der Waals surface area contributed by atoms with Crippen molar-refractivity contribution in [3.8, 4) is 5.75 Å². The van der Waals surface area contributed by atoms with Gasteiger partial charge in [-0.1, -0.05) is 0 Å². The summed E-state index contributed by atoms with van der Waals surface area (Å²) in [5.74, 6) is -2.99. The van der Waals surface area contributed by atoms with Gasteiger partial charge in [-0.05, 0) is 22.0 Å². The van der Waals surface area contributed by atoms with Crippen molar-refractivity contribution in [2.75, 3.05) is 19.8 Å². The van der Waals surface area contributed by atoms with E-state index in [-0.39, 0.29) is 10.5 Å². The minimum Gasteiger partial charge on any atom is -0.505 e. The molecule has 1 aliphatic heterocycles. The average molecular weight is 294 g/mol. The Hall–Kier alpha value is -0.720. The number of phenolic OH excluding ortho intramolecular Hbond substituents is 1. The highest BCUT2D eigenvalue weighted by atomic mass is 79.9. The first kappa shape index (κ1) is 11.8. The zero-order chi connectivity index (χ0) is 11.7. The Kier molecular flexibility index (Phi) is 3.41. The first-order valence-electron chi connectivity index (χ1n) is 4.78. The van der Waals surface area contributed by atoms with E-state index >= 15 is 0 Å². The number of hydrogen-bond donors (Lipinski definition) is 2. The Balaban J connectivity index is 2.40. The molecule has 0 aliphatic carbocycles. The number of benzene rings is 1. The van der Waals surface area contributed by atoms with Gasteiger partial charge in [-0.2, -0.15) is 4.39 Å². The van der Waals surface area contributed by atoms with E-state index in [2.05, 4.69) is 21.2 Å². The third kappa shape index (κ3) is 2.05. The molecule has 0 unspecified atom stereocenters. The van der Waals surface area contributed by atoms with Gasteiger partial charge in [0.2, 0.25) is 5.82 Å². The molecule has 1 aliphatic rings. The molecule has 0 aromatic heterocycles. The summed E-state index contributed by atoms with van der Waals surface area (Å²) < 4.78 is 31.6. The summed E-state index contributed by atoms with van der Waals surface area (Å²) in [6.07, 6.45) is 0. The maximum absolute atomic E-state index is 13.3. The van der Waals surface area contributed by atoms with Gasteiger partial charge in [-0.15, -0.1) is 0 Å². The van der Waals surface area contributed by atoms with E-state index in [1.54, 1.807) is 0 Å². The van der Waals surface area contributed by atoms with Crippen LogP contribution in [-0.4, -0.2) is 24.9 Å². The number of rotatable bonds is 1. The predicted molar refractivity (Wildman–Crippen MR) is 57.3 cm³/mol. The van der Waals surface area contributed by atoms with Gasteiger partial charge in [0, 0.05) is 12.1 Å². The molecule has 2 rings (SSSR count). The number of hydrogen-bond acceptors (Lipinski definition) is 3. The first-order chi connectivity index (χ1) is 7.61. The van der Waals surface area contributed by atoms with Crippen molar-refractivity contribution < 1.29 is 18.6 Å². The van der Waals surface area contributed by atoms with E-state index < -0.39 is 17.4 Å². The van der Waals surface area contributed by atoms with E-state index in [1.165, 1.54) is 6.07 Å². The van der Waals surface area contributed by atoms with Crippen LogP contribution in [0.4, 0.5) is 8.78 Å². The van der Waals surface area contributed by atoms with Gasteiger partial charge in [-0.25, -0.2) is 4.39 Å². The van der Waals surface area contributed by atoms with E-state index in [0.29, 0.717) is 25.3 Å². The third-order valence-corrected chi connectivity index (χ3v) is 3.04. The Morgan fingerprint density at radius 1 is 1.44 bits per heavy atom. The third-order valence-electron chi connectivity index (χ3n) is 2.46. The van der Waals surface area contributed by atoms with Crippen molar-refractivity contribution in [3.05, 3.63) is 27.7 Å². The average Bonchev–Trinajstić information content (AvgIpc) is 2.32. The van der Waals surface area contributed by atoms with Gasteiger partial charge in [-0.3, -0.25) is 0 Å². The monoisotopic (exact) mass is 293 g/mol. The van der Waals surface area contributed by atoms with Crippen molar-refractivity contribution in [2.45, 2.75) is 6.04 Å². The molecule has 6 heteroatoms. The lowest BCUT2D eigenvalue weighted by Crippen LogP contribution is -2.34. The highest BCUT2D eigenvalue weighted by molar-refractivity contribution is 9.10. The standard InChI is InChI=1S/C10H10BrF2NO2/c11-6-3-5(7-4-16-2-1-14-7)10(15)9(13)8(6)12/h3,7,14-15H,1-2,4H2/t7-/m1/s1. The molecule has 16 heavy (non-hydrogen) atoms. The smallest absolute Gasteiger partial charge is 0.201 e. The number of morpholine rings is 1. The number of halogens is 3. The molecule has 88 valence electrons. The molecule has 1 saturated heterocycles. The molecule has 1 fully saturated rings. The summed E-state index contributed by atoms with van der Waals surface area (Å²) in [5.41, 5.74) is 0.297. The van der Waals surface area contributed by atoms with Crippen LogP contribution in [-0.2, 0) is 4.74 Å². The summed E-state index contributed by atoms with van der Waals surface area (Å²) in [5, 5.41) is 12.6. The molecule has 1 atom stereocenters. The Morgan fingerprint density at radius 3 is 2.81 bits per heavy atom. The van der Waals surface area contributed by atoms with Crippen LogP contribution in [0.15, 0.2) is 10.5 Å². The maximum Gasteiger partial charge on any atom is 0.201 e. The van der Waals surface area contributed by atoms with Crippen LogP contribution in [0.1, 0.15) is 11.6 Å². The van der Waals surface area contributed by atoms with E-state index in [9.17, 15) is 13.9 Å². The lowest BCUT2D eigenvalue weighted by Gasteiger charge is -2.25. The van der Waals surface area contributed by atoms with Crippen LogP contribution >= 0.6 is 15.9 Å². The summed E-state index contributed by atoms with van der Waals surface area (Å²) in [4.78, 5) is 0. The number of aromatic hydroxyl groups is 1.